The highest BCUT2D eigenvalue weighted by Gasteiger charge is 2.19. The molecule has 0 radical (unpaired) electrons. The van der Waals surface area contributed by atoms with Gasteiger partial charge in [-0.05, 0) is 109 Å². The van der Waals surface area contributed by atoms with Crippen LogP contribution in [-0.2, 0) is 28.6 Å². The summed E-state index contributed by atoms with van der Waals surface area (Å²) in [6.45, 7) is 6.49. The molecule has 0 bridgehead atoms. The van der Waals surface area contributed by atoms with E-state index in [1.165, 1.54) is 116 Å². The predicted octanol–water partition coefficient (Wildman–Crippen LogP) is 21.0. The fraction of sp³-hybridized carbons (Fsp3) is 0.691. The molecule has 422 valence electrons. The minimum absolute atomic E-state index is 0.0817. The number of ether oxygens (including phenoxy) is 3. The van der Waals surface area contributed by atoms with Crippen molar-refractivity contribution in [2.24, 2.45) is 0 Å². The van der Waals surface area contributed by atoms with Crippen molar-refractivity contribution in [2.75, 3.05) is 13.2 Å². The quantitative estimate of drug-likeness (QED) is 0.0261. The van der Waals surface area contributed by atoms with Crippen LogP contribution in [0.15, 0.2) is 109 Å². The van der Waals surface area contributed by atoms with E-state index in [9.17, 15) is 14.4 Å². The fourth-order valence-electron chi connectivity index (χ4n) is 8.39. The molecule has 1 unspecified atom stereocenters. The third-order valence-electron chi connectivity index (χ3n) is 13.0. The Morgan fingerprint density at radius 2 is 0.527 bits per heavy atom. The SMILES string of the molecule is CC/C=C\C/C=C\C/C=C\C/C=C\C/C=C\C/C=C\C/C=C\C/C=C\CCCCCCCCCCC(=O)OCC(COC(=O)CCCCCCCCCCCC)OC(=O)CCCCCCC/C=C\CCCCCC. The highest BCUT2D eigenvalue weighted by Crippen LogP contribution is 2.15. The van der Waals surface area contributed by atoms with Crippen molar-refractivity contribution in [1.29, 1.82) is 0 Å². The second-order valence-electron chi connectivity index (χ2n) is 20.2. The molecule has 0 fully saturated rings. The highest BCUT2D eigenvalue weighted by molar-refractivity contribution is 5.71. The van der Waals surface area contributed by atoms with Crippen molar-refractivity contribution in [2.45, 2.75) is 290 Å². The lowest BCUT2D eigenvalue weighted by molar-refractivity contribution is -0.167. The number of allylic oxidation sites excluding steroid dienone is 18. The zero-order valence-corrected chi connectivity index (χ0v) is 48.3. The van der Waals surface area contributed by atoms with E-state index in [1.54, 1.807) is 0 Å². The van der Waals surface area contributed by atoms with Crippen LogP contribution in [0, 0.1) is 0 Å². The maximum absolute atomic E-state index is 12.8. The Balaban J connectivity index is 4.19. The molecule has 0 saturated heterocycles. The van der Waals surface area contributed by atoms with Crippen LogP contribution in [0.5, 0.6) is 0 Å². The zero-order chi connectivity index (χ0) is 53.6. The van der Waals surface area contributed by atoms with Crippen LogP contribution < -0.4 is 0 Å². The van der Waals surface area contributed by atoms with Gasteiger partial charge in [0.15, 0.2) is 6.10 Å². The van der Waals surface area contributed by atoms with Gasteiger partial charge in [0.05, 0.1) is 0 Å². The summed E-state index contributed by atoms with van der Waals surface area (Å²) in [6.07, 6.45) is 83.8. The first-order valence-electron chi connectivity index (χ1n) is 30.9. The smallest absolute Gasteiger partial charge is 0.306 e. The van der Waals surface area contributed by atoms with E-state index in [2.05, 4.69) is 130 Å². The minimum atomic E-state index is -0.784. The molecule has 0 aliphatic heterocycles. The van der Waals surface area contributed by atoms with Gasteiger partial charge in [-0.25, -0.2) is 0 Å². The molecule has 0 aliphatic rings. The molecular weight excluding hydrogens is 913 g/mol. The van der Waals surface area contributed by atoms with E-state index in [0.29, 0.717) is 19.3 Å². The summed E-state index contributed by atoms with van der Waals surface area (Å²) < 4.78 is 16.8. The Kier molecular flexibility index (Phi) is 58.3. The maximum atomic E-state index is 12.8. The van der Waals surface area contributed by atoms with Gasteiger partial charge in [-0.3, -0.25) is 14.4 Å². The maximum Gasteiger partial charge on any atom is 0.306 e. The molecule has 0 aliphatic carbocycles. The molecule has 6 heteroatoms. The predicted molar refractivity (Wildman–Crippen MR) is 320 cm³/mol. The summed E-state index contributed by atoms with van der Waals surface area (Å²) in [5, 5.41) is 0. The molecular formula is C68H114O6. The van der Waals surface area contributed by atoms with E-state index in [-0.39, 0.29) is 31.1 Å². The van der Waals surface area contributed by atoms with Gasteiger partial charge in [0.1, 0.15) is 13.2 Å². The summed E-state index contributed by atoms with van der Waals surface area (Å²) in [5.41, 5.74) is 0. The van der Waals surface area contributed by atoms with Gasteiger partial charge < -0.3 is 14.2 Å². The molecule has 0 rings (SSSR count). The molecule has 0 aromatic rings. The third-order valence-corrected chi connectivity index (χ3v) is 13.0. The second kappa shape index (κ2) is 61.6. The van der Waals surface area contributed by atoms with Crippen molar-refractivity contribution in [1.82, 2.24) is 0 Å². The summed E-state index contributed by atoms with van der Waals surface area (Å²) >= 11 is 0. The van der Waals surface area contributed by atoms with E-state index in [0.717, 1.165) is 128 Å². The van der Waals surface area contributed by atoms with E-state index < -0.39 is 6.10 Å². The highest BCUT2D eigenvalue weighted by atomic mass is 16.6. The number of carbonyl (C=O) groups is 3. The van der Waals surface area contributed by atoms with Gasteiger partial charge in [-0.2, -0.15) is 0 Å². The largest absolute Gasteiger partial charge is 0.462 e. The van der Waals surface area contributed by atoms with Crippen LogP contribution in [-0.4, -0.2) is 37.2 Å². The Morgan fingerprint density at radius 3 is 0.851 bits per heavy atom. The Labute approximate surface area is 457 Å². The third kappa shape index (κ3) is 59.0. The van der Waals surface area contributed by atoms with Crippen molar-refractivity contribution in [3.8, 4) is 0 Å². The van der Waals surface area contributed by atoms with Gasteiger partial charge in [-0.15, -0.1) is 0 Å². The number of esters is 3. The lowest BCUT2D eigenvalue weighted by Crippen LogP contribution is -2.30. The normalized spacial score (nSPS) is 12.9. The lowest BCUT2D eigenvalue weighted by Gasteiger charge is -2.18. The topological polar surface area (TPSA) is 78.9 Å². The van der Waals surface area contributed by atoms with Crippen LogP contribution in [0.25, 0.3) is 0 Å². The van der Waals surface area contributed by atoms with Crippen LogP contribution in [0.2, 0.25) is 0 Å². The van der Waals surface area contributed by atoms with Crippen LogP contribution >= 0.6 is 0 Å². The minimum Gasteiger partial charge on any atom is -0.462 e. The number of hydrogen-bond donors (Lipinski definition) is 0. The van der Waals surface area contributed by atoms with Gasteiger partial charge in [-0.1, -0.05) is 265 Å². The monoisotopic (exact) mass is 1030 g/mol. The van der Waals surface area contributed by atoms with Crippen LogP contribution in [0.4, 0.5) is 0 Å². The van der Waals surface area contributed by atoms with Crippen LogP contribution in [0.1, 0.15) is 284 Å². The van der Waals surface area contributed by atoms with Gasteiger partial charge in [0.2, 0.25) is 0 Å². The van der Waals surface area contributed by atoms with Crippen molar-refractivity contribution in [3.05, 3.63) is 109 Å². The standard InChI is InChI=1S/C68H114O6/c1-4-7-10-13-16-19-22-24-25-26-27-28-29-30-31-32-33-34-35-36-37-38-39-40-41-42-43-45-46-49-52-55-58-61-67(70)73-64-65(63-72-66(69)60-57-54-51-48-21-18-15-12-9-6-3)74-68(71)62-59-56-53-50-47-44-23-20-17-14-11-8-5-2/h7,10,16,19-20,23-25,27-28,30-31,33-34,36-37,39-40,65H,4-6,8-9,11-15,17-18,21-22,26,29,32,35,38,41-64H2,1-3H3/b10-7-,19-16-,23-20-,25-24-,28-27-,31-30-,34-33-,37-36-,40-39-. The molecule has 0 saturated carbocycles. The summed E-state index contributed by atoms with van der Waals surface area (Å²) in [4.78, 5) is 38.1. The summed E-state index contributed by atoms with van der Waals surface area (Å²) in [7, 11) is 0. The van der Waals surface area contributed by atoms with Crippen molar-refractivity contribution in [3.63, 3.8) is 0 Å². The molecule has 0 amide bonds. The molecule has 0 heterocycles. The van der Waals surface area contributed by atoms with Gasteiger partial charge >= 0.3 is 17.9 Å². The van der Waals surface area contributed by atoms with Gasteiger partial charge in [0, 0.05) is 19.3 Å². The molecule has 6 nitrogen and oxygen atoms in total. The zero-order valence-electron chi connectivity index (χ0n) is 48.3. The van der Waals surface area contributed by atoms with Crippen molar-refractivity contribution >= 4 is 17.9 Å². The van der Waals surface area contributed by atoms with E-state index in [4.69, 9.17) is 14.2 Å². The average molecular weight is 1030 g/mol. The average Bonchev–Trinajstić information content (AvgIpc) is 3.40. The first-order valence-corrected chi connectivity index (χ1v) is 30.9. The number of carbonyl (C=O) groups excluding carboxylic acids is 3. The van der Waals surface area contributed by atoms with E-state index >= 15 is 0 Å². The Hall–Kier alpha value is -3.93. The molecule has 74 heavy (non-hydrogen) atoms. The van der Waals surface area contributed by atoms with E-state index in [1.807, 2.05) is 0 Å². The fourth-order valence-corrected chi connectivity index (χ4v) is 8.39. The molecule has 0 spiro atoms. The molecule has 1 atom stereocenters. The molecule has 0 aromatic heterocycles. The number of rotatable bonds is 55. The first-order chi connectivity index (χ1) is 36.5. The Bertz CT molecular complexity index is 1510. The van der Waals surface area contributed by atoms with Gasteiger partial charge in [0.25, 0.3) is 0 Å². The Morgan fingerprint density at radius 1 is 0.284 bits per heavy atom. The lowest BCUT2D eigenvalue weighted by atomic mass is 10.1. The first kappa shape index (κ1) is 70.1. The van der Waals surface area contributed by atoms with Crippen LogP contribution in [0.3, 0.4) is 0 Å². The molecule has 0 N–H and O–H groups in total. The summed E-state index contributed by atoms with van der Waals surface area (Å²) in [5.74, 6) is -0.897. The summed E-state index contributed by atoms with van der Waals surface area (Å²) in [6, 6.07) is 0. The number of hydrogen-bond acceptors (Lipinski definition) is 6. The number of unbranched alkanes of at least 4 members (excludes halogenated alkanes) is 26. The molecule has 0 aromatic carbocycles. The second-order valence-corrected chi connectivity index (χ2v) is 20.2. The van der Waals surface area contributed by atoms with Crippen molar-refractivity contribution < 1.29 is 28.6 Å².